The van der Waals surface area contributed by atoms with Crippen molar-refractivity contribution in [2.45, 2.75) is 39.7 Å². The van der Waals surface area contributed by atoms with Gasteiger partial charge in [-0.15, -0.1) is 0 Å². The number of halogens is 2. The quantitative estimate of drug-likeness (QED) is 0.315. The predicted molar refractivity (Wildman–Crippen MR) is 143 cm³/mol. The number of benzene rings is 2. The van der Waals surface area contributed by atoms with Crippen molar-refractivity contribution in [2.75, 3.05) is 13.6 Å². The summed E-state index contributed by atoms with van der Waals surface area (Å²) in [6, 6.07) is 13.6. The molecule has 39 heavy (non-hydrogen) atoms. The van der Waals surface area contributed by atoms with E-state index < -0.39 is 6.61 Å². The van der Waals surface area contributed by atoms with E-state index in [4.69, 9.17) is 9.72 Å². The van der Waals surface area contributed by atoms with E-state index in [1.165, 1.54) is 16.7 Å². The summed E-state index contributed by atoms with van der Waals surface area (Å²) in [7, 11) is 2.07. The maximum atomic E-state index is 14.1. The van der Waals surface area contributed by atoms with Crippen molar-refractivity contribution in [1.29, 1.82) is 0 Å². The lowest BCUT2D eigenvalue weighted by Crippen LogP contribution is -2.30. The van der Waals surface area contributed by atoms with Gasteiger partial charge < -0.3 is 14.0 Å². The molecule has 0 amide bonds. The first-order valence-corrected chi connectivity index (χ1v) is 12.6. The van der Waals surface area contributed by atoms with E-state index in [0.29, 0.717) is 22.3 Å². The molecule has 200 valence electrons. The van der Waals surface area contributed by atoms with Crippen molar-refractivity contribution < 1.29 is 18.3 Å². The number of hydrogen-bond acceptors (Lipinski definition) is 7. The minimum atomic E-state index is -2.95. The van der Waals surface area contributed by atoms with Crippen molar-refractivity contribution in [3.8, 4) is 28.6 Å². The van der Waals surface area contributed by atoms with Crippen LogP contribution in [0.5, 0.6) is 11.8 Å². The van der Waals surface area contributed by atoms with Crippen LogP contribution < -0.4 is 15.0 Å². The summed E-state index contributed by atoms with van der Waals surface area (Å²) in [5.74, 6) is 0.978. The van der Waals surface area contributed by atoms with Crippen LogP contribution in [-0.4, -0.2) is 55.3 Å². The number of fused-ring (bicyclic) bond motifs is 4. The number of hydrogen-bond donors (Lipinski definition) is 0. The van der Waals surface area contributed by atoms with Gasteiger partial charge in [0.25, 0.3) is 5.56 Å². The number of rotatable bonds is 6. The van der Waals surface area contributed by atoms with Crippen LogP contribution in [0.1, 0.15) is 19.7 Å². The number of nitrogens with zero attached hydrogens (tertiary/aromatic N) is 6. The van der Waals surface area contributed by atoms with E-state index >= 15 is 0 Å². The van der Waals surface area contributed by atoms with E-state index in [1.54, 1.807) is 24.4 Å². The van der Waals surface area contributed by atoms with E-state index in [-0.39, 0.29) is 23.4 Å². The Hall–Kier alpha value is -4.38. The Bertz CT molecular complexity index is 1750. The second kappa shape index (κ2) is 9.73. The minimum absolute atomic E-state index is 0.0117. The molecule has 0 aliphatic carbocycles. The van der Waals surface area contributed by atoms with Crippen LogP contribution in [0, 0.1) is 0 Å². The second-order valence-electron chi connectivity index (χ2n) is 9.79. The number of alkyl halides is 2. The molecule has 3 aromatic heterocycles. The van der Waals surface area contributed by atoms with Crippen LogP contribution in [0.15, 0.2) is 59.5 Å². The smallest absolute Gasteiger partial charge is 0.387 e. The fourth-order valence-corrected chi connectivity index (χ4v) is 4.87. The molecule has 0 spiro atoms. The molecular formula is C28H26F2N6O3. The highest BCUT2D eigenvalue weighted by Gasteiger charge is 2.20. The highest BCUT2D eigenvalue weighted by molar-refractivity contribution is 5.87. The molecule has 0 atom stereocenters. The highest BCUT2D eigenvalue weighted by Crippen LogP contribution is 2.28. The molecule has 9 nitrogen and oxygen atoms in total. The average molecular weight is 533 g/mol. The van der Waals surface area contributed by atoms with Gasteiger partial charge in [-0.2, -0.15) is 13.8 Å². The number of likely N-dealkylation sites (N-methyl/N-ethyl adjacent to an activating group) is 1. The first-order valence-electron chi connectivity index (χ1n) is 12.6. The minimum Gasteiger partial charge on any atom is -0.461 e. The van der Waals surface area contributed by atoms with Gasteiger partial charge in [0.15, 0.2) is 5.65 Å². The Morgan fingerprint density at radius 1 is 0.974 bits per heavy atom. The fraction of sp³-hybridized carbons (Fsp3) is 0.286. The summed E-state index contributed by atoms with van der Waals surface area (Å²) in [4.78, 5) is 29.9. The lowest BCUT2D eigenvalue weighted by molar-refractivity contribution is -0.0498. The SMILES string of the molecule is CC(C)Oc1ncc2cc(-c3ccc4nc5n(c4c3)CCN(C)C5)c(=O)n(-c3ccc(OC(F)F)cc3)c2n1. The second-order valence-corrected chi connectivity index (χ2v) is 9.79. The highest BCUT2D eigenvalue weighted by atomic mass is 19.3. The van der Waals surface area contributed by atoms with Gasteiger partial charge in [0.1, 0.15) is 11.6 Å². The van der Waals surface area contributed by atoms with Crippen LogP contribution in [0.25, 0.3) is 38.9 Å². The van der Waals surface area contributed by atoms with Crippen molar-refractivity contribution in [3.63, 3.8) is 0 Å². The Morgan fingerprint density at radius 2 is 1.77 bits per heavy atom. The van der Waals surface area contributed by atoms with Crippen LogP contribution in [-0.2, 0) is 13.1 Å². The summed E-state index contributed by atoms with van der Waals surface area (Å²) in [5, 5.41) is 0.616. The molecule has 0 fully saturated rings. The predicted octanol–water partition coefficient (Wildman–Crippen LogP) is 4.63. The van der Waals surface area contributed by atoms with Gasteiger partial charge in [0, 0.05) is 30.2 Å². The topological polar surface area (TPSA) is 87.3 Å². The standard InChI is InChI=1S/C28H26F2N6O3/c1-16(2)38-28-31-14-18-12-21(17-4-9-22-23(13-17)35-11-10-34(3)15-24(35)32-22)26(37)36(25(18)33-28)19-5-7-20(8-6-19)39-27(29)30/h4-9,12-14,16,27H,10-11,15H2,1-3H3. The first-order chi connectivity index (χ1) is 18.8. The number of imidazole rings is 1. The normalized spacial score (nSPS) is 13.9. The largest absolute Gasteiger partial charge is 0.461 e. The third-order valence-electron chi connectivity index (χ3n) is 6.64. The van der Waals surface area contributed by atoms with Gasteiger partial charge in [-0.25, -0.2) is 9.97 Å². The molecule has 0 radical (unpaired) electrons. The van der Waals surface area contributed by atoms with Gasteiger partial charge in [-0.05, 0) is 68.9 Å². The Kier molecular flexibility index (Phi) is 6.22. The van der Waals surface area contributed by atoms with Gasteiger partial charge in [0.2, 0.25) is 0 Å². The maximum Gasteiger partial charge on any atom is 0.387 e. The first kappa shape index (κ1) is 24.9. The molecule has 0 unspecified atom stereocenters. The molecular weight excluding hydrogens is 506 g/mol. The molecule has 5 aromatic rings. The van der Waals surface area contributed by atoms with Gasteiger partial charge in [0.05, 0.1) is 29.4 Å². The molecule has 11 heteroatoms. The molecule has 4 heterocycles. The molecule has 6 rings (SSSR count). The number of ether oxygens (including phenoxy) is 2. The van der Waals surface area contributed by atoms with E-state index in [0.717, 1.165) is 42.1 Å². The van der Waals surface area contributed by atoms with Crippen molar-refractivity contribution in [1.82, 2.24) is 29.0 Å². The molecule has 0 saturated carbocycles. The molecule has 0 N–H and O–H groups in total. The molecule has 1 aliphatic heterocycles. The number of pyridine rings is 1. The van der Waals surface area contributed by atoms with Gasteiger partial charge in [-0.3, -0.25) is 14.3 Å². The fourth-order valence-electron chi connectivity index (χ4n) is 4.87. The van der Waals surface area contributed by atoms with Crippen LogP contribution in [0.2, 0.25) is 0 Å². The third-order valence-corrected chi connectivity index (χ3v) is 6.64. The molecule has 0 saturated heterocycles. The number of aromatic nitrogens is 5. The van der Waals surface area contributed by atoms with Gasteiger partial charge in [-0.1, -0.05) is 6.07 Å². The Morgan fingerprint density at radius 3 is 2.51 bits per heavy atom. The zero-order valence-corrected chi connectivity index (χ0v) is 21.6. The maximum absolute atomic E-state index is 14.1. The summed E-state index contributed by atoms with van der Waals surface area (Å²) < 4.78 is 39.2. The summed E-state index contributed by atoms with van der Waals surface area (Å²) in [6.45, 7) is 3.25. The van der Waals surface area contributed by atoms with E-state index in [2.05, 4.69) is 31.2 Å². The molecule has 2 aromatic carbocycles. The van der Waals surface area contributed by atoms with Crippen molar-refractivity contribution in [2.24, 2.45) is 0 Å². The van der Waals surface area contributed by atoms with Crippen molar-refractivity contribution in [3.05, 3.63) is 70.9 Å². The summed E-state index contributed by atoms with van der Waals surface area (Å²) in [6.07, 6.45) is 1.45. The van der Waals surface area contributed by atoms with E-state index in [1.807, 2.05) is 32.0 Å². The monoisotopic (exact) mass is 532 g/mol. The Labute approximate surface area is 222 Å². The summed E-state index contributed by atoms with van der Waals surface area (Å²) in [5.41, 5.74) is 3.46. The van der Waals surface area contributed by atoms with Crippen LogP contribution in [0.4, 0.5) is 8.78 Å². The lowest BCUT2D eigenvalue weighted by atomic mass is 10.0. The molecule has 0 bridgehead atoms. The average Bonchev–Trinajstić information content (AvgIpc) is 3.25. The third kappa shape index (κ3) is 4.69. The zero-order chi connectivity index (χ0) is 27.3. The molecule has 1 aliphatic rings. The van der Waals surface area contributed by atoms with Crippen LogP contribution in [0.3, 0.4) is 0 Å². The van der Waals surface area contributed by atoms with Gasteiger partial charge >= 0.3 is 12.6 Å². The lowest BCUT2D eigenvalue weighted by Gasteiger charge is -2.23. The van der Waals surface area contributed by atoms with Crippen molar-refractivity contribution >= 4 is 22.1 Å². The Balaban J connectivity index is 1.54. The zero-order valence-electron chi connectivity index (χ0n) is 21.6. The van der Waals surface area contributed by atoms with E-state index in [9.17, 15) is 13.6 Å². The summed E-state index contributed by atoms with van der Waals surface area (Å²) >= 11 is 0. The van der Waals surface area contributed by atoms with Crippen LogP contribution >= 0.6 is 0 Å².